The fourth-order valence-electron chi connectivity index (χ4n) is 3.95. The zero-order chi connectivity index (χ0) is 28.5. The van der Waals surface area contributed by atoms with Crippen LogP contribution in [0.1, 0.15) is 43.1 Å². The lowest BCUT2D eigenvalue weighted by atomic mass is 10.0. The van der Waals surface area contributed by atoms with E-state index in [0.717, 1.165) is 0 Å². The van der Waals surface area contributed by atoms with Gasteiger partial charge in [0.05, 0.1) is 30.7 Å². The number of rotatable bonds is 12. The van der Waals surface area contributed by atoms with Crippen LogP contribution in [0.15, 0.2) is 48.5 Å². The average molecular weight is 540 g/mol. The molecule has 208 valence electrons. The van der Waals surface area contributed by atoms with Crippen LogP contribution in [0.5, 0.6) is 0 Å². The maximum Gasteiger partial charge on any atom is 0.413 e. The summed E-state index contributed by atoms with van der Waals surface area (Å²) < 4.78 is 11.5. The molecular weight excluding hydrogens is 506 g/mol. The highest BCUT2D eigenvalue weighted by atomic mass is 16.5. The largest absolute Gasteiger partial charge is 0.453 e. The topological polar surface area (TPSA) is 161 Å². The molecule has 0 fully saturated rings. The highest BCUT2D eigenvalue weighted by Crippen LogP contribution is 2.23. The molecule has 3 rings (SSSR count). The molecule has 39 heavy (non-hydrogen) atoms. The summed E-state index contributed by atoms with van der Waals surface area (Å²) in [4.78, 5) is 53.1. The molecule has 0 aliphatic carbocycles. The number of methoxy groups -OCH3 is 1. The number of fused-ring (bicyclic) bond motifs is 1. The van der Waals surface area contributed by atoms with Gasteiger partial charge < -0.3 is 19.9 Å². The predicted octanol–water partition coefficient (Wildman–Crippen LogP) is 2.41. The molecule has 2 amide bonds. The third-order valence-electron chi connectivity index (χ3n) is 5.75. The Kier molecular flexibility index (Phi) is 10.1. The minimum atomic E-state index is -1.17. The Hall–Kier alpha value is -4.29. The summed E-state index contributed by atoms with van der Waals surface area (Å²) in [5.74, 6) is -0.938. The molecule has 2 atom stereocenters. The van der Waals surface area contributed by atoms with Crippen molar-refractivity contribution in [1.82, 2.24) is 20.2 Å². The molecule has 0 saturated carbocycles. The van der Waals surface area contributed by atoms with Gasteiger partial charge in [0.1, 0.15) is 6.23 Å². The number of hydrogen-bond acceptors (Lipinski definition) is 9. The molecule has 2 aromatic carbocycles. The number of carbonyl (C=O) groups is 4. The van der Waals surface area contributed by atoms with E-state index < -0.39 is 24.3 Å². The smallest absolute Gasteiger partial charge is 0.413 e. The zero-order valence-electron chi connectivity index (χ0n) is 22.3. The van der Waals surface area contributed by atoms with Gasteiger partial charge in [0.25, 0.3) is 0 Å². The van der Waals surface area contributed by atoms with E-state index in [4.69, 9.17) is 4.74 Å². The van der Waals surface area contributed by atoms with Gasteiger partial charge in [0.2, 0.25) is 11.9 Å². The van der Waals surface area contributed by atoms with Crippen molar-refractivity contribution in [3.8, 4) is 0 Å². The second kappa shape index (κ2) is 13.5. The van der Waals surface area contributed by atoms with Crippen molar-refractivity contribution < 1.29 is 33.8 Å². The van der Waals surface area contributed by atoms with E-state index in [1.54, 1.807) is 42.5 Å². The number of ketones is 1. The highest BCUT2D eigenvalue weighted by molar-refractivity contribution is 6.10. The number of carbonyl (C=O) groups excluding carboxylic acids is 4. The number of esters is 1. The molecule has 0 radical (unpaired) electrons. The zero-order valence-corrected chi connectivity index (χ0v) is 22.3. The summed E-state index contributed by atoms with van der Waals surface area (Å²) in [7, 11) is 1.20. The van der Waals surface area contributed by atoms with E-state index in [-0.39, 0.29) is 36.8 Å². The summed E-state index contributed by atoms with van der Waals surface area (Å²) in [5, 5.41) is 18.2. The number of anilines is 1. The molecule has 1 aromatic heterocycles. The molecule has 0 bridgehead atoms. The Labute approximate surface area is 225 Å². The summed E-state index contributed by atoms with van der Waals surface area (Å²) >= 11 is 0. The summed E-state index contributed by atoms with van der Waals surface area (Å²) in [6.07, 6.45) is -1.45. The van der Waals surface area contributed by atoms with Gasteiger partial charge in [-0.25, -0.2) is 9.78 Å². The number of nitrogens with one attached hydrogen (secondary N) is 3. The second-order valence-corrected chi connectivity index (χ2v) is 9.29. The molecular formula is C27H33N5O7. The van der Waals surface area contributed by atoms with E-state index in [1.807, 2.05) is 19.9 Å². The minimum absolute atomic E-state index is 0.0459. The van der Waals surface area contributed by atoms with Crippen LogP contribution < -0.4 is 16.0 Å². The lowest BCUT2D eigenvalue weighted by Crippen LogP contribution is -2.51. The summed E-state index contributed by atoms with van der Waals surface area (Å²) in [6.45, 7) is 4.60. The highest BCUT2D eigenvalue weighted by Gasteiger charge is 2.22. The van der Waals surface area contributed by atoms with Gasteiger partial charge in [0, 0.05) is 18.1 Å². The monoisotopic (exact) mass is 539 g/mol. The van der Waals surface area contributed by atoms with Crippen molar-refractivity contribution in [2.75, 3.05) is 19.0 Å². The van der Waals surface area contributed by atoms with Crippen LogP contribution in [-0.2, 0) is 25.8 Å². The number of nitrogens with zero attached hydrogens (tertiary/aromatic N) is 2. The van der Waals surface area contributed by atoms with Gasteiger partial charge in [0.15, 0.2) is 12.5 Å². The number of benzene rings is 2. The molecule has 1 unspecified atom stereocenters. The van der Waals surface area contributed by atoms with E-state index in [9.17, 15) is 24.3 Å². The molecule has 0 aliphatic heterocycles. The third-order valence-corrected chi connectivity index (χ3v) is 5.75. The number of aliphatic hydroxyl groups excluding tert-OH is 1. The predicted molar refractivity (Wildman–Crippen MR) is 143 cm³/mol. The van der Waals surface area contributed by atoms with Crippen molar-refractivity contribution in [3.05, 3.63) is 59.7 Å². The average Bonchev–Trinajstić information content (AvgIpc) is 3.25. The molecule has 12 heteroatoms. The number of amides is 2. The second-order valence-electron chi connectivity index (χ2n) is 9.29. The Morgan fingerprint density at radius 1 is 1.05 bits per heavy atom. The van der Waals surface area contributed by atoms with Crippen molar-refractivity contribution in [3.63, 3.8) is 0 Å². The first-order valence-electron chi connectivity index (χ1n) is 12.4. The molecule has 1 heterocycles. The first kappa shape index (κ1) is 29.3. The van der Waals surface area contributed by atoms with Crippen LogP contribution in [0.3, 0.4) is 0 Å². The maximum absolute atomic E-state index is 12.9. The Morgan fingerprint density at radius 2 is 1.77 bits per heavy atom. The first-order valence-corrected chi connectivity index (χ1v) is 12.4. The summed E-state index contributed by atoms with van der Waals surface area (Å²) in [5.41, 5.74) is 1.80. The van der Waals surface area contributed by atoms with Crippen LogP contribution in [0, 0.1) is 5.92 Å². The van der Waals surface area contributed by atoms with Crippen molar-refractivity contribution >= 4 is 40.7 Å². The molecule has 0 spiro atoms. The van der Waals surface area contributed by atoms with Crippen LogP contribution in [0.25, 0.3) is 11.0 Å². The number of aromatic nitrogens is 2. The molecule has 3 aromatic rings. The fourth-order valence-corrected chi connectivity index (χ4v) is 3.95. The van der Waals surface area contributed by atoms with Gasteiger partial charge >= 0.3 is 12.1 Å². The molecule has 4 N–H and O–H groups in total. The van der Waals surface area contributed by atoms with Crippen molar-refractivity contribution in [2.45, 2.75) is 46.2 Å². The van der Waals surface area contributed by atoms with E-state index in [0.29, 0.717) is 28.6 Å². The number of aliphatic hydroxyl groups is 1. The molecule has 0 saturated heterocycles. The van der Waals surface area contributed by atoms with Crippen LogP contribution in [-0.4, -0.2) is 64.3 Å². The Morgan fingerprint density at radius 3 is 2.41 bits per heavy atom. The van der Waals surface area contributed by atoms with Gasteiger partial charge in [-0.05, 0) is 30.5 Å². The van der Waals surface area contributed by atoms with Gasteiger partial charge in [-0.3, -0.25) is 29.6 Å². The Bertz CT molecular complexity index is 1320. The maximum atomic E-state index is 12.9. The van der Waals surface area contributed by atoms with Gasteiger partial charge in [-0.1, -0.05) is 44.2 Å². The SMILES string of the molecule is COC(=O)Nc1nc2cc(C(=O)c3ccccc3)ccc2n1COC(=O)CNC(O)[C@H](CC(C)C)NC(C)=O. The van der Waals surface area contributed by atoms with Crippen LogP contribution in [0.2, 0.25) is 0 Å². The van der Waals surface area contributed by atoms with Crippen LogP contribution >= 0.6 is 0 Å². The number of hydrogen-bond donors (Lipinski definition) is 4. The normalized spacial score (nSPS) is 12.6. The standard InChI is InChI=1S/C27H33N5O7/c1-16(2)12-21(29-17(3)33)25(36)28-14-23(34)39-15-32-22-11-10-19(24(35)18-8-6-5-7-9-18)13-20(22)30-26(32)31-27(37)38-4/h5-11,13,16,21,25,28,36H,12,14-15H2,1-4H3,(H,29,33)(H,30,31,37)/t21-,25?/m0/s1. The van der Waals surface area contributed by atoms with E-state index in [2.05, 4.69) is 25.7 Å². The minimum Gasteiger partial charge on any atom is -0.453 e. The van der Waals surface area contributed by atoms with Gasteiger partial charge in [-0.2, -0.15) is 0 Å². The van der Waals surface area contributed by atoms with E-state index in [1.165, 1.54) is 18.6 Å². The number of ether oxygens (including phenoxy) is 2. The quantitative estimate of drug-likeness (QED) is 0.154. The van der Waals surface area contributed by atoms with Crippen LogP contribution in [0.4, 0.5) is 10.7 Å². The lowest BCUT2D eigenvalue weighted by Gasteiger charge is -2.25. The fraction of sp³-hybridized carbons (Fsp3) is 0.370. The van der Waals surface area contributed by atoms with Crippen molar-refractivity contribution in [1.29, 1.82) is 0 Å². The first-order chi connectivity index (χ1) is 18.6. The lowest BCUT2D eigenvalue weighted by molar-refractivity contribution is -0.146. The van der Waals surface area contributed by atoms with Gasteiger partial charge in [-0.15, -0.1) is 0 Å². The third kappa shape index (κ3) is 8.09. The Balaban J connectivity index is 1.74. The molecule has 12 nitrogen and oxygen atoms in total. The van der Waals surface area contributed by atoms with Crippen molar-refractivity contribution in [2.24, 2.45) is 5.92 Å². The van der Waals surface area contributed by atoms with E-state index >= 15 is 0 Å². The number of imidazole rings is 1. The summed E-state index contributed by atoms with van der Waals surface area (Å²) in [6, 6.07) is 13.0. The molecule has 0 aliphatic rings.